The van der Waals surface area contributed by atoms with Crippen LogP contribution in [0.15, 0.2) is 24.3 Å². The summed E-state index contributed by atoms with van der Waals surface area (Å²) in [6.07, 6.45) is 1.45. The van der Waals surface area contributed by atoms with Gasteiger partial charge in [0.15, 0.2) is 0 Å². The van der Waals surface area contributed by atoms with Crippen molar-refractivity contribution in [3.63, 3.8) is 0 Å². The molecule has 0 saturated carbocycles. The minimum atomic E-state index is -0.939. The number of benzene rings is 1. The molecule has 3 N–H and O–H groups in total. The Morgan fingerprint density at radius 2 is 1.81 bits per heavy atom. The molecule has 0 aliphatic rings. The third-order valence-corrected chi connectivity index (χ3v) is 2.86. The van der Waals surface area contributed by atoms with E-state index in [1.165, 1.54) is 0 Å². The molecule has 0 bridgehead atoms. The van der Waals surface area contributed by atoms with Crippen molar-refractivity contribution in [1.82, 2.24) is 10.6 Å². The lowest BCUT2D eigenvalue weighted by Gasteiger charge is -2.08. The quantitative estimate of drug-likeness (QED) is 0.604. The highest BCUT2D eigenvalue weighted by Crippen LogP contribution is 2.04. The van der Waals surface area contributed by atoms with Gasteiger partial charge in [0.2, 0.25) is 0 Å². The molecule has 0 radical (unpaired) electrons. The van der Waals surface area contributed by atoms with E-state index >= 15 is 0 Å². The number of carboxylic acid groups (broad SMARTS) is 1. The Hall–Kier alpha value is -2.08. The van der Waals surface area contributed by atoms with Crippen molar-refractivity contribution in [2.45, 2.75) is 19.8 Å². The number of hydrogen-bond acceptors (Lipinski definition) is 3. The molecule has 0 aliphatic heterocycles. The SMILES string of the molecule is CCOCCCNC(=O)NCCc1ccc(C(=O)O)cc1. The second-order valence-corrected chi connectivity index (χ2v) is 4.49. The Bertz CT molecular complexity index is 445. The average Bonchev–Trinajstić information content (AvgIpc) is 2.47. The minimum Gasteiger partial charge on any atom is -0.478 e. The van der Waals surface area contributed by atoms with E-state index in [1.807, 2.05) is 6.92 Å². The molecule has 0 aromatic heterocycles. The summed E-state index contributed by atoms with van der Waals surface area (Å²) in [5.41, 5.74) is 1.25. The van der Waals surface area contributed by atoms with Crippen LogP contribution in [0.2, 0.25) is 0 Å². The third-order valence-electron chi connectivity index (χ3n) is 2.86. The highest BCUT2D eigenvalue weighted by atomic mass is 16.5. The zero-order chi connectivity index (χ0) is 15.5. The van der Waals surface area contributed by atoms with Gasteiger partial charge in [0, 0.05) is 26.3 Å². The molecule has 0 saturated heterocycles. The number of carbonyl (C=O) groups excluding carboxylic acids is 1. The van der Waals surface area contributed by atoms with E-state index in [4.69, 9.17) is 9.84 Å². The number of rotatable bonds is 9. The second-order valence-electron chi connectivity index (χ2n) is 4.49. The molecule has 0 aliphatic carbocycles. The Morgan fingerprint density at radius 3 is 2.43 bits per heavy atom. The number of ether oxygens (including phenoxy) is 1. The molecule has 21 heavy (non-hydrogen) atoms. The normalized spacial score (nSPS) is 10.1. The van der Waals surface area contributed by atoms with Crippen LogP contribution in [-0.2, 0) is 11.2 Å². The summed E-state index contributed by atoms with van der Waals surface area (Å²) >= 11 is 0. The number of hydrogen-bond donors (Lipinski definition) is 3. The number of amides is 2. The van der Waals surface area contributed by atoms with Crippen LogP contribution in [0.5, 0.6) is 0 Å². The van der Waals surface area contributed by atoms with E-state index in [-0.39, 0.29) is 11.6 Å². The van der Waals surface area contributed by atoms with Gasteiger partial charge in [0.1, 0.15) is 0 Å². The van der Waals surface area contributed by atoms with Gasteiger partial charge in [-0.05, 0) is 37.5 Å². The molecular weight excluding hydrogens is 272 g/mol. The number of nitrogens with one attached hydrogen (secondary N) is 2. The van der Waals surface area contributed by atoms with Gasteiger partial charge >= 0.3 is 12.0 Å². The molecule has 0 heterocycles. The Balaban J connectivity index is 2.15. The maximum Gasteiger partial charge on any atom is 0.335 e. The highest BCUT2D eigenvalue weighted by molar-refractivity contribution is 5.87. The number of carbonyl (C=O) groups is 2. The molecule has 1 aromatic rings. The predicted octanol–water partition coefficient (Wildman–Crippen LogP) is 1.65. The summed E-state index contributed by atoms with van der Waals surface area (Å²) < 4.78 is 5.17. The van der Waals surface area contributed by atoms with Gasteiger partial charge < -0.3 is 20.5 Å². The van der Waals surface area contributed by atoms with Gasteiger partial charge in [-0.15, -0.1) is 0 Å². The van der Waals surface area contributed by atoms with E-state index in [0.29, 0.717) is 32.7 Å². The average molecular weight is 294 g/mol. The molecule has 1 rings (SSSR count). The van der Waals surface area contributed by atoms with Crippen molar-refractivity contribution < 1.29 is 19.4 Å². The molecule has 0 unspecified atom stereocenters. The van der Waals surface area contributed by atoms with Crippen molar-refractivity contribution in [2.24, 2.45) is 0 Å². The van der Waals surface area contributed by atoms with Crippen molar-refractivity contribution >= 4 is 12.0 Å². The first kappa shape index (κ1) is 17.0. The van der Waals surface area contributed by atoms with Crippen LogP contribution in [0.1, 0.15) is 29.3 Å². The summed E-state index contributed by atoms with van der Waals surface area (Å²) in [6.45, 7) is 4.35. The molecule has 6 heteroatoms. The topological polar surface area (TPSA) is 87.7 Å². The summed E-state index contributed by atoms with van der Waals surface area (Å²) in [5, 5.41) is 14.3. The predicted molar refractivity (Wildman–Crippen MR) is 79.6 cm³/mol. The lowest BCUT2D eigenvalue weighted by atomic mass is 10.1. The maximum atomic E-state index is 11.5. The van der Waals surface area contributed by atoms with Crippen LogP contribution < -0.4 is 10.6 Å². The van der Waals surface area contributed by atoms with Crippen LogP contribution in [0, 0.1) is 0 Å². The van der Waals surface area contributed by atoms with E-state index < -0.39 is 5.97 Å². The molecular formula is C15H22N2O4. The van der Waals surface area contributed by atoms with Gasteiger partial charge in [0.25, 0.3) is 0 Å². The molecule has 116 valence electrons. The van der Waals surface area contributed by atoms with E-state index in [2.05, 4.69) is 10.6 Å². The van der Waals surface area contributed by atoms with Gasteiger partial charge in [-0.1, -0.05) is 12.1 Å². The summed E-state index contributed by atoms with van der Waals surface area (Å²) in [7, 11) is 0. The van der Waals surface area contributed by atoms with Crippen molar-refractivity contribution in [2.75, 3.05) is 26.3 Å². The standard InChI is InChI=1S/C15H22N2O4/c1-2-21-11-3-9-16-15(20)17-10-8-12-4-6-13(7-5-12)14(18)19/h4-7H,2-3,8-11H2,1H3,(H,18,19)(H2,16,17,20). The fraction of sp³-hybridized carbons (Fsp3) is 0.467. The molecule has 1 aromatic carbocycles. The van der Waals surface area contributed by atoms with Crippen LogP contribution in [0.4, 0.5) is 4.79 Å². The van der Waals surface area contributed by atoms with Crippen LogP contribution >= 0.6 is 0 Å². The number of urea groups is 1. The van der Waals surface area contributed by atoms with Gasteiger partial charge in [-0.2, -0.15) is 0 Å². The second kappa shape index (κ2) is 9.77. The largest absolute Gasteiger partial charge is 0.478 e. The van der Waals surface area contributed by atoms with E-state index in [0.717, 1.165) is 12.0 Å². The van der Waals surface area contributed by atoms with E-state index in [9.17, 15) is 9.59 Å². The monoisotopic (exact) mass is 294 g/mol. The minimum absolute atomic E-state index is 0.200. The fourth-order valence-corrected chi connectivity index (χ4v) is 1.72. The number of carboxylic acids is 1. The molecule has 0 atom stereocenters. The number of aromatic carboxylic acids is 1. The lowest BCUT2D eigenvalue weighted by Crippen LogP contribution is -2.37. The first-order valence-electron chi connectivity index (χ1n) is 7.05. The van der Waals surface area contributed by atoms with Crippen molar-refractivity contribution in [3.8, 4) is 0 Å². The van der Waals surface area contributed by atoms with Gasteiger partial charge in [-0.25, -0.2) is 9.59 Å². The summed E-state index contributed by atoms with van der Waals surface area (Å²) in [6, 6.07) is 6.43. The van der Waals surface area contributed by atoms with E-state index in [1.54, 1.807) is 24.3 Å². The highest BCUT2D eigenvalue weighted by Gasteiger charge is 2.02. The van der Waals surface area contributed by atoms with Crippen LogP contribution in [-0.4, -0.2) is 43.4 Å². The third kappa shape index (κ3) is 7.31. The molecule has 0 spiro atoms. The summed E-state index contributed by atoms with van der Waals surface area (Å²) in [5.74, 6) is -0.939. The van der Waals surface area contributed by atoms with Crippen molar-refractivity contribution in [1.29, 1.82) is 0 Å². The summed E-state index contributed by atoms with van der Waals surface area (Å²) in [4.78, 5) is 22.2. The molecule has 6 nitrogen and oxygen atoms in total. The maximum absolute atomic E-state index is 11.5. The molecule has 0 fully saturated rings. The first-order valence-corrected chi connectivity index (χ1v) is 7.05. The molecule has 2 amide bonds. The zero-order valence-corrected chi connectivity index (χ0v) is 12.2. The lowest BCUT2D eigenvalue weighted by molar-refractivity contribution is 0.0697. The van der Waals surface area contributed by atoms with Gasteiger partial charge in [-0.3, -0.25) is 0 Å². The Morgan fingerprint density at radius 1 is 1.14 bits per heavy atom. The first-order chi connectivity index (χ1) is 10.1. The van der Waals surface area contributed by atoms with Crippen molar-refractivity contribution in [3.05, 3.63) is 35.4 Å². The fourth-order valence-electron chi connectivity index (χ4n) is 1.72. The van der Waals surface area contributed by atoms with Gasteiger partial charge in [0.05, 0.1) is 5.56 Å². The van der Waals surface area contributed by atoms with Crippen LogP contribution in [0.3, 0.4) is 0 Å². The van der Waals surface area contributed by atoms with Crippen LogP contribution in [0.25, 0.3) is 0 Å². The zero-order valence-electron chi connectivity index (χ0n) is 12.2. The Kier molecular flexibility index (Phi) is 7.89. The Labute approximate surface area is 124 Å². The smallest absolute Gasteiger partial charge is 0.335 e.